The summed E-state index contributed by atoms with van der Waals surface area (Å²) in [6.07, 6.45) is 0. The van der Waals surface area contributed by atoms with E-state index in [-0.39, 0.29) is 18.1 Å². The standard InChI is InChI=1S/C30H34N2O6S/c1-23-4-12-28(13-5-23)39(33,34)38-21-19-36-17-16-35-18-20-37-27-11-15-30-25(22-27)8-14-29(31-30)24-6-9-26(10-7-24)32(2)3/h4-15,22H,16-21H2,1-3H3. The van der Waals surface area contributed by atoms with Crippen molar-refractivity contribution >= 4 is 26.7 Å². The first-order valence-corrected chi connectivity index (χ1v) is 14.2. The molecule has 3 aromatic carbocycles. The Balaban J connectivity index is 1.12. The third-order valence-corrected chi connectivity index (χ3v) is 7.31. The number of benzene rings is 3. The lowest BCUT2D eigenvalue weighted by molar-refractivity contribution is 0.0279. The Labute approximate surface area is 230 Å². The second-order valence-corrected chi connectivity index (χ2v) is 10.8. The van der Waals surface area contributed by atoms with E-state index >= 15 is 0 Å². The lowest BCUT2D eigenvalue weighted by Gasteiger charge is -2.13. The van der Waals surface area contributed by atoms with Crippen LogP contribution < -0.4 is 9.64 Å². The highest BCUT2D eigenvalue weighted by Gasteiger charge is 2.14. The minimum Gasteiger partial charge on any atom is -0.491 e. The molecule has 4 rings (SSSR count). The molecule has 0 spiro atoms. The maximum Gasteiger partial charge on any atom is 0.297 e. The van der Waals surface area contributed by atoms with E-state index in [0.717, 1.165) is 39.2 Å². The molecule has 1 heterocycles. The maximum absolute atomic E-state index is 12.1. The number of fused-ring (bicyclic) bond motifs is 1. The van der Waals surface area contributed by atoms with Crippen molar-refractivity contribution in [3.8, 4) is 17.0 Å². The maximum atomic E-state index is 12.1. The molecule has 0 fully saturated rings. The molecule has 8 nitrogen and oxygen atoms in total. The van der Waals surface area contributed by atoms with Crippen LogP contribution in [0.1, 0.15) is 5.56 Å². The van der Waals surface area contributed by atoms with Gasteiger partial charge in [0.15, 0.2) is 0 Å². The highest BCUT2D eigenvalue weighted by molar-refractivity contribution is 7.86. The van der Waals surface area contributed by atoms with Crippen LogP contribution in [0.2, 0.25) is 0 Å². The van der Waals surface area contributed by atoms with E-state index in [1.807, 2.05) is 51.4 Å². The zero-order chi connectivity index (χ0) is 27.7. The fourth-order valence-electron chi connectivity index (χ4n) is 3.80. The highest BCUT2D eigenvalue weighted by Crippen LogP contribution is 2.25. The second kappa shape index (κ2) is 13.5. The molecule has 0 atom stereocenters. The van der Waals surface area contributed by atoms with Gasteiger partial charge in [0, 0.05) is 30.7 Å². The van der Waals surface area contributed by atoms with E-state index < -0.39 is 10.1 Å². The van der Waals surface area contributed by atoms with Gasteiger partial charge in [0.05, 0.1) is 49.1 Å². The van der Waals surface area contributed by atoms with Gasteiger partial charge in [-0.15, -0.1) is 0 Å². The lowest BCUT2D eigenvalue weighted by Crippen LogP contribution is -2.14. The SMILES string of the molecule is Cc1ccc(S(=O)(=O)OCCOCCOCCOc2ccc3nc(-c4ccc(N(C)C)cc4)ccc3c2)cc1. The Morgan fingerprint density at radius 2 is 1.41 bits per heavy atom. The van der Waals surface area contributed by atoms with Gasteiger partial charge in [0.2, 0.25) is 0 Å². The molecule has 0 aliphatic carbocycles. The molecule has 0 aliphatic heterocycles. The molecule has 39 heavy (non-hydrogen) atoms. The molecule has 0 aliphatic rings. The van der Waals surface area contributed by atoms with Crippen LogP contribution in [0.5, 0.6) is 5.75 Å². The lowest BCUT2D eigenvalue weighted by atomic mass is 10.1. The molecular weight excluding hydrogens is 516 g/mol. The Bertz CT molecular complexity index is 1460. The van der Waals surface area contributed by atoms with Crippen LogP contribution in [-0.2, 0) is 23.8 Å². The monoisotopic (exact) mass is 550 g/mol. The van der Waals surface area contributed by atoms with E-state index in [4.69, 9.17) is 23.4 Å². The Kier molecular flexibility index (Phi) is 9.89. The van der Waals surface area contributed by atoms with Crippen LogP contribution in [0.4, 0.5) is 5.69 Å². The van der Waals surface area contributed by atoms with E-state index in [1.54, 1.807) is 12.1 Å². The van der Waals surface area contributed by atoms with E-state index in [9.17, 15) is 8.42 Å². The number of anilines is 1. The number of aryl methyl sites for hydroxylation is 1. The van der Waals surface area contributed by atoms with Crippen molar-refractivity contribution in [2.24, 2.45) is 0 Å². The first-order valence-electron chi connectivity index (χ1n) is 12.7. The molecule has 0 unspecified atom stereocenters. The van der Waals surface area contributed by atoms with Crippen molar-refractivity contribution in [1.82, 2.24) is 4.98 Å². The van der Waals surface area contributed by atoms with Crippen molar-refractivity contribution in [2.45, 2.75) is 11.8 Å². The van der Waals surface area contributed by atoms with E-state index in [0.29, 0.717) is 26.4 Å². The summed E-state index contributed by atoms with van der Waals surface area (Å²) in [5.41, 5.74) is 5.03. The zero-order valence-corrected chi connectivity index (χ0v) is 23.3. The zero-order valence-electron chi connectivity index (χ0n) is 22.5. The van der Waals surface area contributed by atoms with Crippen LogP contribution in [0.3, 0.4) is 0 Å². The first kappa shape index (κ1) is 28.5. The summed E-state index contributed by atoms with van der Waals surface area (Å²) in [5.74, 6) is 0.749. The van der Waals surface area contributed by atoms with Crippen molar-refractivity contribution < 1.29 is 26.8 Å². The van der Waals surface area contributed by atoms with Gasteiger partial charge >= 0.3 is 0 Å². The summed E-state index contributed by atoms with van der Waals surface area (Å²) in [6.45, 7) is 3.48. The van der Waals surface area contributed by atoms with Gasteiger partial charge in [0.25, 0.3) is 10.1 Å². The molecular formula is C30H34N2O6S. The molecule has 0 radical (unpaired) electrons. The summed E-state index contributed by atoms with van der Waals surface area (Å²) >= 11 is 0. The van der Waals surface area contributed by atoms with Crippen LogP contribution >= 0.6 is 0 Å². The fraction of sp³-hybridized carbons (Fsp3) is 0.300. The van der Waals surface area contributed by atoms with Crippen LogP contribution in [0.15, 0.2) is 83.8 Å². The minimum atomic E-state index is -3.77. The Morgan fingerprint density at radius 3 is 2.10 bits per heavy atom. The number of aromatic nitrogens is 1. The summed E-state index contributed by atoms with van der Waals surface area (Å²) in [6, 6.07) is 24.7. The van der Waals surface area contributed by atoms with Crippen LogP contribution in [0, 0.1) is 6.92 Å². The largest absolute Gasteiger partial charge is 0.491 e. The average Bonchev–Trinajstić information content (AvgIpc) is 2.94. The van der Waals surface area contributed by atoms with Gasteiger partial charge in [-0.25, -0.2) is 4.98 Å². The molecule has 0 N–H and O–H groups in total. The molecule has 1 aromatic heterocycles. The van der Waals surface area contributed by atoms with Gasteiger partial charge in [0.1, 0.15) is 12.4 Å². The fourth-order valence-corrected chi connectivity index (χ4v) is 4.69. The third kappa shape index (κ3) is 8.24. The molecule has 206 valence electrons. The number of pyridine rings is 1. The van der Waals surface area contributed by atoms with Crippen molar-refractivity contribution in [3.63, 3.8) is 0 Å². The Hall–Kier alpha value is -3.50. The normalized spacial score (nSPS) is 11.6. The van der Waals surface area contributed by atoms with Gasteiger partial charge in [-0.1, -0.05) is 35.9 Å². The molecule has 0 bridgehead atoms. The summed E-state index contributed by atoms with van der Waals surface area (Å²) in [5, 5.41) is 1.00. The van der Waals surface area contributed by atoms with Gasteiger partial charge in [-0.2, -0.15) is 8.42 Å². The van der Waals surface area contributed by atoms with Crippen molar-refractivity contribution in [1.29, 1.82) is 0 Å². The first-order chi connectivity index (χ1) is 18.8. The van der Waals surface area contributed by atoms with Crippen LogP contribution in [0.25, 0.3) is 22.2 Å². The smallest absolute Gasteiger partial charge is 0.297 e. The predicted molar refractivity (Wildman–Crippen MR) is 153 cm³/mol. The summed E-state index contributed by atoms with van der Waals surface area (Å²) < 4.78 is 46.0. The molecule has 0 amide bonds. The average molecular weight is 551 g/mol. The van der Waals surface area contributed by atoms with Gasteiger partial charge in [-0.3, -0.25) is 4.18 Å². The van der Waals surface area contributed by atoms with E-state index in [2.05, 4.69) is 29.2 Å². The molecule has 9 heteroatoms. The Morgan fingerprint density at radius 1 is 0.744 bits per heavy atom. The number of hydrogen-bond acceptors (Lipinski definition) is 8. The van der Waals surface area contributed by atoms with Crippen molar-refractivity contribution in [3.05, 3.63) is 84.4 Å². The number of rotatable bonds is 14. The predicted octanol–water partition coefficient (Wildman–Crippen LogP) is 5.09. The molecule has 0 saturated carbocycles. The number of hydrogen-bond donors (Lipinski definition) is 0. The van der Waals surface area contributed by atoms with Crippen LogP contribution in [-0.4, -0.2) is 67.1 Å². The van der Waals surface area contributed by atoms with Gasteiger partial charge in [-0.05, 0) is 55.5 Å². The molecule has 0 saturated heterocycles. The third-order valence-electron chi connectivity index (χ3n) is 5.98. The highest BCUT2D eigenvalue weighted by atomic mass is 32.2. The summed E-state index contributed by atoms with van der Waals surface area (Å²) in [7, 11) is 0.268. The van der Waals surface area contributed by atoms with Crippen molar-refractivity contribution in [2.75, 3.05) is 58.6 Å². The minimum absolute atomic E-state index is 0.0552. The number of ether oxygens (including phenoxy) is 3. The van der Waals surface area contributed by atoms with Gasteiger partial charge < -0.3 is 19.1 Å². The molecule has 4 aromatic rings. The van der Waals surface area contributed by atoms with E-state index in [1.165, 1.54) is 12.1 Å². The summed E-state index contributed by atoms with van der Waals surface area (Å²) in [4.78, 5) is 7.00. The topological polar surface area (TPSA) is 87.2 Å². The second-order valence-electron chi connectivity index (χ2n) is 9.15. The number of nitrogens with zero attached hydrogens (tertiary/aromatic N) is 2. The quantitative estimate of drug-likeness (QED) is 0.158.